The lowest BCUT2D eigenvalue weighted by Gasteiger charge is -2.08. The van der Waals surface area contributed by atoms with Gasteiger partial charge in [0.1, 0.15) is 0 Å². The monoisotopic (exact) mass is 218 g/mol. The molecule has 0 spiro atoms. The molecule has 2 heterocycles. The Bertz CT molecular complexity index is 467. The fourth-order valence-electron chi connectivity index (χ4n) is 1.93. The molecule has 0 saturated carbocycles. The van der Waals surface area contributed by atoms with Gasteiger partial charge in [-0.2, -0.15) is 5.10 Å². The molecule has 0 aliphatic heterocycles. The zero-order chi connectivity index (χ0) is 11.5. The summed E-state index contributed by atoms with van der Waals surface area (Å²) >= 11 is 0. The molecule has 0 bridgehead atoms. The quantitative estimate of drug-likeness (QED) is 0.839. The van der Waals surface area contributed by atoms with Gasteiger partial charge in [-0.1, -0.05) is 0 Å². The van der Waals surface area contributed by atoms with E-state index < -0.39 is 0 Å². The predicted octanol–water partition coefficient (Wildman–Crippen LogP) is 1.30. The van der Waals surface area contributed by atoms with Crippen LogP contribution in [0.15, 0.2) is 24.4 Å². The minimum atomic E-state index is 0.876. The van der Waals surface area contributed by atoms with Crippen LogP contribution in [0.2, 0.25) is 0 Å². The summed E-state index contributed by atoms with van der Waals surface area (Å²) < 4.78 is 4.19. The Balaban J connectivity index is 2.20. The van der Waals surface area contributed by atoms with E-state index in [1.54, 1.807) is 0 Å². The van der Waals surface area contributed by atoms with Gasteiger partial charge in [-0.05, 0) is 32.2 Å². The number of aromatic nitrogens is 3. The van der Waals surface area contributed by atoms with E-state index >= 15 is 0 Å². The van der Waals surface area contributed by atoms with Crippen molar-refractivity contribution in [3.8, 4) is 0 Å². The molecular formula is C12H18N4. The first kappa shape index (κ1) is 11.0. The number of nitrogens with zero attached hydrogens (tertiary/aromatic N) is 3. The second kappa shape index (κ2) is 4.53. The maximum Gasteiger partial charge on any atom is 0.0642 e. The molecule has 1 N–H and O–H groups in total. The van der Waals surface area contributed by atoms with E-state index in [-0.39, 0.29) is 0 Å². The summed E-state index contributed by atoms with van der Waals surface area (Å²) in [6, 6.07) is 6.35. The molecule has 0 amide bonds. The van der Waals surface area contributed by atoms with Crippen LogP contribution in [0.1, 0.15) is 17.1 Å². The van der Waals surface area contributed by atoms with E-state index in [0.717, 1.165) is 18.8 Å². The normalized spacial score (nSPS) is 10.9. The first-order valence-electron chi connectivity index (χ1n) is 5.49. The molecule has 2 aromatic rings. The van der Waals surface area contributed by atoms with Crippen molar-refractivity contribution in [2.24, 2.45) is 7.05 Å². The van der Waals surface area contributed by atoms with Gasteiger partial charge in [0.2, 0.25) is 0 Å². The Hall–Kier alpha value is -1.55. The summed E-state index contributed by atoms with van der Waals surface area (Å²) in [4.78, 5) is 0. The van der Waals surface area contributed by atoms with Crippen molar-refractivity contribution in [3.05, 3.63) is 41.5 Å². The summed E-state index contributed by atoms with van der Waals surface area (Å²) in [7, 11) is 3.95. The zero-order valence-electron chi connectivity index (χ0n) is 10.1. The summed E-state index contributed by atoms with van der Waals surface area (Å²) in [6.07, 6.45) is 2.11. The Morgan fingerprint density at radius 3 is 2.81 bits per heavy atom. The van der Waals surface area contributed by atoms with Crippen molar-refractivity contribution >= 4 is 0 Å². The van der Waals surface area contributed by atoms with E-state index in [1.807, 2.05) is 25.7 Å². The zero-order valence-corrected chi connectivity index (χ0v) is 10.1. The average molecular weight is 218 g/mol. The molecule has 0 radical (unpaired) electrons. The molecule has 2 rings (SSSR count). The Morgan fingerprint density at radius 2 is 2.19 bits per heavy atom. The van der Waals surface area contributed by atoms with Crippen LogP contribution < -0.4 is 5.32 Å². The third-order valence-electron chi connectivity index (χ3n) is 2.71. The molecule has 16 heavy (non-hydrogen) atoms. The van der Waals surface area contributed by atoms with Crippen LogP contribution in [-0.4, -0.2) is 21.4 Å². The number of nitrogens with one attached hydrogen (secondary N) is 1. The number of hydrogen-bond donors (Lipinski definition) is 1. The fourth-order valence-corrected chi connectivity index (χ4v) is 1.93. The molecule has 0 aromatic carbocycles. The third kappa shape index (κ3) is 2.17. The van der Waals surface area contributed by atoms with Gasteiger partial charge in [0, 0.05) is 25.5 Å². The fraction of sp³-hybridized carbons (Fsp3) is 0.417. The van der Waals surface area contributed by atoms with Crippen LogP contribution in [0, 0.1) is 6.92 Å². The van der Waals surface area contributed by atoms with E-state index in [0.29, 0.717) is 0 Å². The van der Waals surface area contributed by atoms with Gasteiger partial charge in [-0.3, -0.25) is 4.68 Å². The van der Waals surface area contributed by atoms with Crippen LogP contribution >= 0.6 is 0 Å². The molecule has 4 nitrogen and oxygen atoms in total. The van der Waals surface area contributed by atoms with Gasteiger partial charge in [0.15, 0.2) is 0 Å². The minimum absolute atomic E-state index is 0.876. The van der Waals surface area contributed by atoms with Crippen molar-refractivity contribution in [2.75, 3.05) is 7.05 Å². The molecule has 0 unspecified atom stereocenters. The molecule has 0 saturated heterocycles. The highest BCUT2D eigenvalue weighted by molar-refractivity contribution is 5.13. The number of hydrogen-bond acceptors (Lipinski definition) is 2. The molecular weight excluding hydrogens is 200 g/mol. The van der Waals surface area contributed by atoms with Gasteiger partial charge in [0.25, 0.3) is 0 Å². The highest BCUT2D eigenvalue weighted by atomic mass is 15.3. The summed E-state index contributed by atoms with van der Waals surface area (Å²) in [5, 5.41) is 7.53. The van der Waals surface area contributed by atoms with Crippen LogP contribution in [0.25, 0.3) is 0 Å². The van der Waals surface area contributed by atoms with Crippen LogP contribution in [0.4, 0.5) is 0 Å². The molecule has 0 atom stereocenters. The Labute approximate surface area is 95.9 Å². The Morgan fingerprint density at radius 1 is 1.38 bits per heavy atom. The Kier molecular flexibility index (Phi) is 3.10. The van der Waals surface area contributed by atoms with Gasteiger partial charge in [0.05, 0.1) is 17.9 Å². The molecule has 0 fully saturated rings. The number of aryl methyl sites for hydroxylation is 2. The van der Waals surface area contributed by atoms with Crippen molar-refractivity contribution in [3.63, 3.8) is 0 Å². The van der Waals surface area contributed by atoms with Crippen LogP contribution in [-0.2, 0) is 20.1 Å². The average Bonchev–Trinajstić information content (AvgIpc) is 2.77. The molecule has 0 aliphatic carbocycles. The van der Waals surface area contributed by atoms with E-state index in [1.165, 1.54) is 11.4 Å². The largest absolute Gasteiger partial charge is 0.344 e. The smallest absolute Gasteiger partial charge is 0.0642 e. The highest BCUT2D eigenvalue weighted by Crippen LogP contribution is 2.08. The van der Waals surface area contributed by atoms with E-state index in [2.05, 4.69) is 39.4 Å². The summed E-state index contributed by atoms with van der Waals surface area (Å²) in [6.45, 7) is 3.79. The summed E-state index contributed by atoms with van der Waals surface area (Å²) in [5.74, 6) is 0. The lowest BCUT2D eigenvalue weighted by Crippen LogP contribution is -2.12. The standard InChI is InChI=1S/C12H18N4/c1-10-7-12(15(3)14-10)9-16-6-4-5-11(16)8-13-2/h4-7,13H,8-9H2,1-3H3. The summed E-state index contributed by atoms with van der Waals surface area (Å²) in [5.41, 5.74) is 3.59. The van der Waals surface area contributed by atoms with E-state index in [4.69, 9.17) is 0 Å². The maximum absolute atomic E-state index is 4.35. The first-order chi connectivity index (χ1) is 7.70. The molecule has 0 aliphatic rings. The number of rotatable bonds is 4. The molecule has 4 heteroatoms. The van der Waals surface area contributed by atoms with Gasteiger partial charge in [-0.25, -0.2) is 0 Å². The minimum Gasteiger partial charge on any atom is -0.344 e. The van der Waals surface area contributed by atoms with Crippen LogP contribution in [0.5, 0.6) is 0 Å². The maximum atomic E-state index is 4.35. The lowest BCUT2D eigenvalue weighted by atomic mass is 10.3. The highest BCUT2D eigenvalue weighted by Gasteiger charge is 2.05. The second-order valence-electron chi connectivity index (χ2n) is 4.06. The van der Waals surface area contributed by atoms with Crippen molar-refractivity contribution in [1.29, 1.82) is 0 Å². The predicted molar refractivity (Wildman–Crippen MR) is 64.2 cm³/mol. The first-order valence-corrected chi connectivity index (χ1v) is 5.49. The molecule has 2 aromatic heterocycles. The van der Waals surface area contributed by atoms with E-state index in [9.17, 15) is 0 Å². The third-order valence-corrected chi connectivity index (χ3v) is 2.71. The van der Waals surface area contributed by atoms with Crippen molar-refractivity contribution < 1.29 is 0 Å². The second-order valence-corrected chi connectivity index (χ2v) is 4.06. The lowest BCUT2D eigenvalue weighted by molar-refractivity contribution is 0.635. The van der Waals surface area contributed by atoms with Crippen molar-refractivity contribution in [2.45, 2.75) is 20.0 Å². The topological polar surface area (TPSA) is 34.8 Å². The van der Waals surface area contributed by atoms with Gasteiger partial charge < -0.3 is 9.88 Å². The van der Waals surface area contributed by atoms with Crippen molar-refractivity contribution in [1.82, 2.24) is 19.7 Å². The van der Waals surface area contributed by atoms with Gasteiger partial charge in [-0.15, -0.1) is 0 Å². The van der Waals surface area contributed by atoms with Crippen LogP contribution in [0.3, 0.4) is 0 Å². The SMILES string of the molecule is CNCc1cccn1Cc1cc(C)nn1C. The van der Waals surface area contributed by atoms with Gasteiger partial charge >= 0.3 is 0 Å². The molecule has 86 valence electrons.